The van der Waals surface area contributed by atoms with E-state index in [1.165, 1.54) is 5.56 Å². The minimum absolute atomic E-state index is 0.0999. The highest BCUT2D eigenvalue weighted by molar-refractivity contribution is 5.75. The first-order valence-electron chi connectivity index (χ1n) is 10.9. The highest BCUT2D eigenvalue weighted by Gasteiger charge is 2.42. The summed E-state index contributed by atoms with van der Waals surface area (Å²) in [5, 5.41) is 10.6. The Bertz CT molecular complexity index is 622. The third kappa shape index (κ3) is 5.47. The number of aliphatic hydroxyl groups excluding tert-OH is 1. The molecule has 0 spiro atoms. The molecule has 0 unspecified atom stereocenters. The summed E-state index contributed by atoms with van der Waals surface area (Å²) in [6, 6.07) is 10.5. The molecule has 3 heteroatoms. The molecule has 5 atom stereocenters. The molecule has 0 bridgehead atoms. The fraction of sp³-hybridized carbons (Fsp3) is 0.640. The zero-order chi connectivity index (χ0) is 20.7. The summed E-state index contributed by atoms with van der Waals surface area (Å²) in [6.07, 6.45) is 6.17. The molecule has 1 N–H and O–H groups in total. The van der Waals surface area contributed by atoms with Gasteiger partial charge in [-0.2, -0.15) is 0 Å². The number of carbonyl (C=O) groups is 1. The van der Waals surface area contributed by atoms with E-state index in [1.54, 1.807) is 6.08 Å². The van der Waals surface area contributed by atoms with Crippen molar-refractivity contribution in [1.82, 2.24) is 0 Å². The van der Waals surface area contributed by atoms with E-state index < -0.39 is 12.1 Å². The lowest BCUT2D eigenvalue weighted by molar-refractivity contribution is -0.168. The second-order valence-electron chi connectivity index (χ2n) is 9.07. The Hall–Kier alpha value is -1.61. The van der Waals surface area contributed by atoms with Crippen molar-refractivity contribution in [3.63, 3.8) is 0 Å². The Morgan fingerprint density at radius 2 is 2.00 bits per heavy atom. The van der Waals surface area contributed by atoms with Gasteiger partial charge in [0, 0.05) is 11.8 Å². The van der Waals surface area contributed by atoms with Crippen LogP contribution in [-0.2, 0) is 14.9 Å². The number of ether oxygens (including phenoxy) is 1. The maximum Gasteiger partial charge on any atom is 0.335 e. The number of hydrogen-bond donors (Lipinski definition) is 1. The van der Waals surface area contributed by atoms with Crippen LogP contribution in [0.2, 0.25) is 0 Å². The summed E-state index contributed by atoms with van der Waals surface area (Å²) in [5.74, 6) is 0.0242. The summed E-state index contributed by atoms with van der Waals surface area (Å²) in [4.78, 5) is 12.8. The molecule has 0 saturated heterocycles. The average molecular weight is 387 g/mol. The largest absolute Gasteiger partial charge is 0.460 e. The van der Waals surface area contributed by atoms with Crippen LogP contribution in [0.1, 0.15) is 71.8 Å². The van der Waals surface area contributed by atoms with Crippen molar-refractivity contribution >= 4 is 5.97 Å². The molecule has 1 aromatic carbocycles. The molecule has 28 heavy (non-hydrogen) atoms. The highest BCUT2D eigenvalue weighted by Crippen LogP contribution is 2.43. The monoisotopic (exact) mass is 386 g/mol. The Balaban J connectivity index is 2.15. The second kappa shape index (κ2) is 10.2. The molecule has 0 aromatic heterocycles. The van der Waals surface area contributed by atoms with Crippen molar-refractivity contribution in [1.29, 1.82) is 0 Å². The van der Waals surface area contributed by atoms with Crippen molar-refractivity contribution in [3.8, 4) is 0 Å². The summed E-state index contributed by atoms with van der Waals surface area (Å²) in [7, 11) is 0. The van der Waals surface area contributed by atoms with Gasteiger partial charge in [-0.05, 0) is 36.2 Å². The predicted octanol–water partition coefficient (Wildman–Crippen LogP) is 5.67. The van der Waals surface area contributed by atoms with Gasteiger partial charge >= 0.3 is 5.97 Å². The first-order chi connectivity index (χ1) is 13.3. The molecular formula is C25H38O3. The minimum atomic E-state index is -1.12. The van der Waals surface area contributed by atoms with Gasteiger partial charge in [-0.25, -0.2) is 4.79 Å². The molecule has 2 rings (SSSR count). The fourth-order valence-electron chi connectivity index (χ4n) is 4.60. The van der Waals surface area contributed by atoms with Crippen LogP contribution in [-0.4, -0.2) is 23.3 Å². The SMILES string of the molecule is C=C[C@H](CCCC)[C@H](O)C(=O)O[C@@H]1C[C@H](C)CC[C@H]1C(C)(C)c1ccccc1. The molecule has 0 aliphatic heterocycles. The Kier molecular flexibility index (Phi) is 8.30. The first-order valence-corrected chi connectivity index (χ1v) is 10.9. The van der Waals surface area contributed by atoms with E-state index in [2.05, 4.69) is 58.5 Å². The maximum atomic E-state index is 12.8. The van der Waals surface area contributed by atoms with E-state index in [0.717, 1.165) is 38.5 Å². The van der Waals surface area contributed by atoms with Gasteiger partial charge in [-0.3, -0.25) is 0 Å². The summed E-state index contributed by atoms with van der Waals surface area (Å²) in [5.41, 5.74) is 1.17. The topological polar surface area (TPSA) is 46.5 Å². The maximum absolute atomic E-state index is 12.8. The fourth-order valence-corrected chi connectivity index (χ4v) is 4.60. The van der Waals surface area contributed by atoms with Crippen LogP contribution < -0.4 is 0 Å². The predicted molar refractivity (Wildman–Crippen MR) is 115 cm³/mol. The summed E-state index contributed by atoms with van der Waals surface area (Å²) < 4.78 is 5.97. The normalized spacial score (nSPS) is 25.0. The summed E-state index contributed by atoms with van der Waals surface area (Å²) in [6.45, 7) is 12.6. The van der Waals surface area contributed by atoms with Gasteiger partial charge in [0.1, 0.15) is 6.10 Å². The van der Waals surface area contributed by atoms with Gasteiger partial charge < -0.3 is 9.84 Å². The third-order valence-electron chi connectivity index (χ3n) is 6.61. The van der Waals surface area contributed by atoms with Gasteiger partial charge in [0.15, 0.2) is 6.10 Å². The van der Waals surface area contributed by atoms with Crippen molar-refractivity contribution < 1.29 is 14.6 Å². The number of carbonyl (C=O) groups excluding carboxylic acids is 1. The number of esters is 1. The standard InChI is InChI=1S/C25H38O3/c1-6-8-12-19(7-2)23(26)24(27)28-22-17-18(3)15-16-21(22)25(4,5)20-13-10-9-11-14-20/h7,9-11,13-14,18-19,21-23,26H,2,6,8,12,15-17H2,1,3-5H3/t18-,19-,21-,22-,23+/m1/s1. The number of hydrogen-bond acceptors (Lipinski definition) is 3. The zero-order valence-corrected chi connectivity index (χ0v) is 18.1. The lowest BCUT2D eigenvalue weighted by atomic mass is 9.64. The molecule has 156 valence electrons. The van der Waals surface area contributed by atoms with Gasteiger partial charge in [-0.1, -0.05) is 83.4 Å². The van der Waals surface area contributed by atoms with E-state index >= 15 is 0 Å². The van der Waals surface area contributed by atoms with Crippen molar-refractivity contribution in [2.45, 2.75) is 83.8 Å². The number of aliphatic hydroxyl groups is 1. The lowest BCUT2D eigenvalue weighted by Crippen LogP contribution is -2.45. The van der Waals surface area contributed by atoms with E-state index in [-0.39, 0.29) is 23.4 Å². The van der Waals surface area contributed by atoms with Gasteiger partial charge in [-0.15, -0.1) is 6.58 Å². The molecule has 1 aliphatic rings. The quantitative estimate of drug-likeness (QED) is 0.440. The van der Waals surface area contributed by atoms with Gasteiger partial charge in [0.2, 0.25) is 0 Å². The Morgan fingerprint density at radius 1 is 1.32 bits per heavy atom. The number of benzene rings is 1. The van der Waals surface area contributed by atoms with Crippen molar-refractivity contribution in [3.05, 3.63) is 48.6 Å². The minimum Gasteiger partial charge on any atom is -0.460 e. The molecule has 0 amide bonds. The number of rotatable bonds is 9. The van der Waals surface area contributed by atoms with Crippen LogP contribution in [0.4, 0.5) is 0 Å². The molecule has 1 fully saturated rings. The zero-order valence-electron chi connectivity index (χ0n) is 18.1. The second-order valence-corrected chi connectivity index (χ2v) is 9.07. The van der Waals surface area contributed by atoms with E-state index in [1.807, 2.05) is 6.07 Å². The van der Waals surface area contributed by atoms with E-state index in [9.17, 15) is 9.90 Å². The van der Waals surface area contributed by atoms with Crippen molar-refractivity contribution in [2.75, 3.05) is 0 Å². The van der Waals surface area contributed by atoms with Gasteiger partial charge in [0.05, 0.1) is 0 Å². The third-order valence-corrected chi connectivity index (χ3v) is 6.61. The van der Waals surface area contributed by atoms with E-state index in [0.29, 0.717) is 5.92 Å². The molecule has 1 aliphatic carbocycles. The molecule has 1 saturated carbocycles. The average Bonchev–Trinajstić information content (AvgIpc) is 2.69. The lowest BCUT2D eigenvalue weighted by Gasteiger charge is -2.44. The Labute approximate surface area is 171 Å². The van der Waals surface area contributed by atoms with Gasteiger partial charge in [0.25, 0.3) is 0 Å². The van der Waals surface area contributed by atoms with Crippen LogP contribution in [0, 0.1) is 17.8 Å². The summed E-state index contributed by atoms with van der Waals surface area (Å²) >= 11 is 0. The van der Waals surface area contributed by atoms with Crippen LogP contribution in [0.5, 0.6) is 0 Å². The van der Waals surface area contributed by atoms with Crippen molar-refractivity contribution in [2.24, 2.45) is 17.8 Å². The molecule has 0 heterocycles. The molecule has 3 nitrogen and oxygen atoms in total. The van der Waals surface area contributed by atoms with Crippen LogP contribution >= 0.6 is 0 Å². The van der Waals surface area contributed by atoms with E-state index in [4.69, 9.17) is 4.74 Å². The van der Waals surface area contributed by atoms with Crippen LogP contribution in [0.25, 0.3) is 0 Å². The number of unbranched alkanes of at least 4 members (excludes halogenated alkanes) is 1. The molecular weight excluding hydrogens is 348 g/mol. The smallest absolute Gasteiger partial charge is 0.335 e. The van der Waals surface area contributed by atoms with Crippen LogP contribution in [0.3, 0.4) is 0 Å². The molecule has 1 aromatic rings. The highest BCUT2D eigenvalue weighted by atomic mass is 16.6. The first kappa shape index (κ1) is 22.7. The van der Waals surface area contributed by atoms with Crippen LogP contribution in [0.15, 0.2) is 43.0 Å². The Morgan fingerprint density at radius 3 is 2.61 bits per heavy atom. The molecule has 0 radical (unpaired) electrons.